The number of carbonyl (C=O) groups is 2. The van der Waals surface area contributed by atoms with Crippen molar-refractivity contribution in [1.82, 2.24) is 0 Å². The Labute approximate surface area is 133 Å². The van der Waals surface area contributed by atoms with E-state index in [1.807, 2.05) is 6.92 Å². The van der Waals surface area contributed by atoms with Gasteiger partial charge in [0.25, 0.3) is 11.6 Å². The number of anilines is 1. The van der Waals surface area contributed by atoms with E-state index in [1.165, 1.54) is 32.2 Å². The molecule has 1 rings (SSSR count). The first-order valence-corrected chi connectivity index (χ1v) is 7.21. The lowest BCUT2D eigenvalue weighted by atomic mass is 10.2. The maximum absolute atomic E-state index is 12.1. The molecule has 0 heterocycles. The monoisotopic (exact) mass is 324 g/mol. The van der Waals surface area contributed by atoms with E-state index in [0.29, 0.717) is 6.42 Å². The Kier molecular flexibility index (Phi) is 6.98. The van der Waals surface area contributed by atoms with Crippen molar-refractivity contribution < 1.29 is 24.0 Å². The fourth-order valence-corrected chi connectivity index (χ4v) is 1.77. The zero-order valence-electron chi connectivity index (χ0n) is 13.3. The molecule has 0 aliphatic carbocycles. The first-order chi connectivity index (χ1) is 10.9. The molecule has 1 unspecified atom stereocenters. The maximum atomic E-state index is 12.1. The molecule has 8 nitrogen and oxygen atoms in total. The van der Waals surface area contributed by atoms with Crippen molar-refractivity contribution in [2.75, 3.05) is 12.4 Å². The van der Waals surface area contributed by atoms with E-state index >= 15 is 0 Å². The van der Waals surface area contributed by atoms with Crippen LogP contribution >= 0.6 is 0 Å². The van der Waals surface area contributed by atoms with Gasteiger partial charge in [0.05, 0.1) is 17.7 Å². The van der Waals surface area contributed by atoms with Gasteiger partial charge in [0.15, 0.2) is 6.10 Å². The van der Waals surface area contributed by atoms with E-state index in [9.17, 15) is 19.7 Å². The lowest BCUT2D eigenvalue weighted by molar-refractivity contribution is -0.384. The molecule has 0 fully saturated rings. The smallest absolute Gasteiger partial charge is 0.306 e. The molecule has 1 N–H and O–H groups in total. The van der Waals surface area contributed by atoms with Gasteiger partial charge < -0.3 is 14.8 Å². The minimum Gasteiger partial charge on any atom is -0.495 e. The van der Waals surface area contributed by atoms with Crippen LogP contribution in [0.2, 0.25) is 0 Å². The number of nitro groups is 1. The van der Waals surface area contributed by atoms with Gasteiger partial charge in [0, 0.05) is 18.6 Å². The predicted molar refractivity (Wildman–Crippen MR) is 83.4 cm³/mol. The lowest BCUT2D eigenvalue weighted by Crippen LogP contribution is -2.30. The number of nitrogens with zero attached hydrogens (tertiary/aromatic N) is 1. The van der Waals surface area contributed by atoms with Crippen LogP contribution in [-0.2, 0) is 14.3 Å². The minimum absolute atomic E-state index is 0.142. The lowest BCUT2D eigenvalue weighted by Gasteiger charge is -2.15. The van der Waals surface area contributed by atoms with Gasteiger partial charge in [0.1, 0.15) is 5.75 Å². The summed E-state index contributed by atoms with van der Waals surface area (Å²) < 4.78 is 10.1. The zero-order chi connectivity index (χ0) is 17.4. The van der Waals surface area contributed by atoms with Gasteiger partial charge in [-0.25, -0.2) is 0 Å². The van der Waals surface area contributed by atoms with Crippen LogP contribution in [0.3, 0.4) is 0 Å². The first-order valence-electron chi connectivity index (χ1n) is 7.21. The number of nitrogens with one attached hydrogen (secondary N) is 1. The maximum Gasteiger partial charge on any atom is 0.306 e. The minimum atomic E-state index is -1.01. The number of hydrogen-bond donors (Lipinski definition) is 1. The average Bonchev–Trinajstić information content (AvgIpc) is 2.52. The van der Waals surface area contributed by atoms with Gasteiger partial charge in [-0.2, -0.15) is 0 Å². The molecule has 1 aromatic carbocycles. The molecule has 0 aliphatic rings. The number of unbranched alkanes of at least 4 members (excludes halogenated alkanes) is 1. The van der Waals surface area contributed by atoms with Crippen molar-refractivity contribution in [2.45, 2.75) is 39.2 Å². The number of benzene rings is 1. The molecule has 0 aliphatic heterocycles. The molecule has 0 saturated carbocycles. The van der Waals surface area contributed by atoms with Gasteiger partial charge in [-0.05, 0) is 19.4 Å². The predicted octanol–water partition coefficient (Wildman–Crippen LogP) is 2.66. The third-order valence-corrected chi connectivity index (χ3v) is 3.06. The van der Waals surface area contributed by atoms with Crippen molar-refractivity contribution in [2.24, 2.45) is 0 Å². The quantitative estimate of drug-likeness (QED) is 0.447. The van der Waals surface area contributed by atoms with Crippen LogP contribution in [-0.4, -0.2) is 30.0 Å². The van der Waals surface area contributed by atoms with Crippen molar-refractivity contribution in [1.29, 1.82) is 0 Å². The molecule has 8 heteroatoms. The van der Waals surface area contributed by atoms with Gasteiger partial charge in [-0.1, -0.05) is 13.3 Å². The van der Waals surface area contributed by atoms with Crippen LogP contribution in [0.1, 0.15) is 33.1 Å². The van der Waals surface area contributed by atoms with Gasteiger partial charge in [-0.15, -0.1) is 0 Å². The van der Waals surface area contributed by atoms with E-state index in [1.54, 1.807) is 0 Å². The summed E-state index contributed by atoms with van der Waals surface area (Å²) in [6, 6.07) is 3.83. The molecule has 0 saturated heterocycles. The Morgan fingerprint density at radius 3 is 2.65 bits per heavy atom. The molecule has 1 amide bonds. The van der Waals surface area contributed by atoms with Crippen LogP contribution in [0.25, 0.3) is 0 Å². The molecular weight excluding hydrogens is 304 g/mol. The normalized spacial score (nSPS) is 11.4. The zero-order valence-corrected chi connectivity index (χ0v) is 13.3. The third-order valence-electron chi connectivity index (χ3n) is 3.06. The highest BCUT2D eigenvalue weighted by atomic mass is 16.6. The summed E-state index contributed by atoms with van der Waals surface area (Å²) in [5.41, 5.74) is -0.0446. The number of non-ortho nitro benzene ring substituents is 1. The first kappa shape index (κ1) is 18.4. The highest BCUT2D eigenvalue weighted by Gasteiger charge is 2.20. The van der Waals surface area contributed by atoms with Crippen LogP contribution < -0.4 is 10.1 Å². The fourth-order valence-electron chi connectivity index (χ4n) is 1.77. The van der Waals surface area contributed by atoms with Crippen LogP contribution in [0.5, 0.6) is 5.75 Å². The van der Waals surface area contributed by atoms with Crippen LogP contribution in [0.4, 0.5) is 11.4 Å². The van der Waals surface area contributed by atoms with Crippen molar-refractivity contribution in [3.05, 3.63) is 28.3 Å². The summed E-state index contributed by atoms with van der Waals surface area (Å²) in [5.74, 6) is -0.775. The Balaban J connectivity index is 2.77. The fraction of sp³-hybridized carbons (Fsp3) is 0.467. The topological polar surface area (TPSA) is 108 Å². The number of esters is 1. The standard InChI is InChI=1S/C15H20N2O6/c1-4-5-6-14(18)23-10(2)15(19)16-12-9-11(17(20)21)7-8-13(12)22-3/h7-10H,4-6H2,1-3H3,(H,16,19). The second kappa shape index (κ2) is 8.72. The molecule has 0 spiro atoms. The summed E-state index contributed by atoms with van der Waals surface area (Å²) in [7, 11) is 1.38. The van der Waals surface area contributed by atoms with E-state index < -0.39 is 22.9 Å². The van der Waals surface area contributed by atoms with E-state index in [2.05, 4.69) is 5.32 Å². The molecule has 0 radical (unpaired) electrons. The SMILES string of the molecule is CCCCC(=O)OC(C)C(=O)Nc1cc([N+](=O)[O-])ccc1OC. The molecule has 0 aromatic heterocycles. The third kappa shape index (κ3) is 5.57. The average molecular weight is 324 g/mol. The number of ether oxygens (including phenoxy) is 2. The van der Waals surface area contributed by atoms with Gasteiger partial charge in [-0.3, -0.25) is 19.7 Å². The molecule has 126 valence electrons. The molecule has 0 bridgehead atoms. The number of methoxy groups -OCH3 is 1. The number of rotatable bonds is 8. The molecule has 1 aromatic rings. The highest BCUT2D eigenvalue weighted by Crippen LogP contribution is 2.29. The number of hydrogen-bond acceptors (Lipinski definition) is 6. The van der Waals surface area contributed by atoms with E-state index in [4.69, 9.17) is 9.47 Å². The van der Waals surface area contributed by atoms with Crippen LogP contribution in [0, 0.1) is 10.1 Å². The summed E-state index contributed by atoms with van der Waals surface area (Å²) in [6.45, 7) is 3.38. The van der Waals surface area contributed by atoms with E-state index in [0.717, 1.165) is 6.42 Å². The van der Waals surface area contributed by atoms with Gasteiger partial charge >= 0.3 is 5.97 Å². The number of nitro benzene ring substituents is 1. The molecule has 23 heavy (non-hydrogen) atoms. The Hall–Kier alpha value is -2.64. The van der Waals surface area contributed by atoms with Crippen molar-refractivity contribution >= 4 is 23.3 Å². The Morgan fingerprint density at radius 2 is 2.09 bits per heavy atom. The number of amides is 1. The summed E-state index contributed by atoms with van der Waals surface area (Å²) in [4.78, 5) is 33.8. The molecular formula is C15H20N2O6. The second-order valence-electron chi connectivity index (χ2n) is 4.87. The Morgan fingerprint density at radius 1 is 1.39 bits per heavy atom. The summed E-state index contributed by atoms with van der Waals surface area (Å²) in [5, 5.41) is 13.3. The van der Waals surface area contributed by atoms with Crippen molar-refractivity contribution in [3.63, 3.8) is 0 Å². The summed E-state index contributed by atoms with van der Waals surface area (Å²) >= 11 is 0. The number of carbonyl (C=O) groups excluding carboxylic acids is 2. The van der Waals surface area contributed by atoms with Gasteiger partial charge in [0.2, 0.25) is 0 Å². The highest BCUT2D eigenvalue weighted by molar-refractivity contribution is 5.96. The largest absolute Gasteiger partial charge is 0.495 e. The summed E-state index contributed by atoms with van der Waals surface area (Å²) in [6.07, 6.45) is 0.768. The second-order valence-corrected chi connectivity index (χ2v) is 4.87. The van der Waals surface area contributed by atoms with Crippen LogP contribution in [0.15, 0.2) is 18.2 Å². The molecule has 1 atom stereocenters. The Bertz CT molecular complexity index is 587. The van der Waals surface area contributed by atoms with E-state index in [-0.39, 0.29) is 23.5 Å². The van der Waals surface area contributed by atoms with Crippen molar-refractivity contribution in [3.8, 4) is 5.75 Å².